The van der Waals surface area contributed by atoms with Gasteiger partial charge in [0.05, 0.1) is 14.2 Å². The van der Waals surface area contributed by atoms with Gasteiger partial charge in [0.2, 0.25) is 5.91 Å². The highest BCUT2D eigenvalue weighted by Crippen LogP contribution is 2.33. The highest BCUT2D eigenvalue weighted by molar-refractivity contribution is 6.30. The molecule has 9 heteroatoms. The lowest BCUT2D eigenvalue weighted by Gasteiger charge is -2.25. The van der Waals surface area contributed by atoms with E-state index in [9.17, 15) is 14.4 Å². The summed E-state index contributed by atoms with van der Waals surface area (Å²) in [5.74, 6) is 0.354. The van der Waals surface area contributed by atoms with Gasteiger partial charge in [0, 0.05) is 11.6 Å². The molecule has 0 spiro atoms. The van der Waals surface area contributed by atoms with Gasteiger partial charge in [-0.3, -0.25) is 14.5 Å². The molecule has 0 unspecified atom stereocenters. The number of ether oxygens (including phenoxy) is 2. The number of carbonyl (C=O) groups excluding carboxylic acids is 3. The molecule has 170 valence electrons. The molecule has 2 aromatic carbocycles. The quantitative estimate of drug-likeness (QED) is 0.562. The number of nitrogens with zero attached hydrogens (tertiary/aromatic N) is 1. The van der Waals surface area contributed by atoms with E-state index in [1.165, 1.54) is 0 Å². The maximum absolute atomic E-state index is 13.1. The Morgan fingerprint density at radius 1 is 1.09 bits per heavy atom. The van der Waals surface area contributed by atoms with Crippen LogP contribution >= 0.6 is 11.6 Å². The molecule has 1 atom stereocenters. The zero-order valence-electron chi connectivity index (χ0n) is 18.2. The van der Waals surface area contributed by atoms with E-state index < -0.39 is 23.4 Å². The van der Waals surface area contributed by atoms with E-state index in [0.29, 0.717) is 41.5 Å². The molecule has 1 saturated heterocycles. The van der Waals surface area contributed by atoms with Crippen molar-refractivity contribution in [1.82, 2.24) is 15.5 Å². The van der Waals surface area contributed by atoms with E-state index in [1.807, 2.05) is 12.1 Å². The number of nitrogens with one attached hydrogen (secondary N) is 2. The van der Waals surface area contributed by atoms with Gasteiger partial charge in [0.15, 0.2) is 11.5 Å². The number of carbonyl (C=O) groups is 3. The molecule has 0 radical (unpaired) electrons. The Morgan fingerprint density at radius 2 is 1.78 bits per heavy atom. The maximum Gasteiger partial charge on any atom is 0.325 e. The Hall–Kier alpha value is -3.26. The van der Waals surface area contributed by atoms with Crippen molar-refractivity contribution in [3.8, 4) is 11.5 Å². The molecule has 2 N–H and O–H groups in total. The van der Waals surface area contributed by atoms with Gasteiger partial charge in [-0.1, -0.05) is 36.7 Å². The molecule has 4 amide bonds. The lowest BCUT2D eigenvalue weighted by molar-refractivity contribution is -0.135. The Balaban J connectivity index is 1.61. The van der Waals surface area contributed by atoms with Crippen molar-refractivity contribution in [3.63, 3.8) is 0 Å². The van der Waals surface area contributed by atoms with Gasteiger partial charge in [-0.15, -0.1) is 0 Å². The van der Waals surface area contributed by atoms with Crippen molar-refractivity contribution in [1.29, 1.82) is 0 Å². The summed E-state index contributed by atoms with van der Waals surface area (Å²) in [5.41, 5.74) is 0.367. The smallest absolute Gasteiger partial charge is 0.325 e. The fourth-order valence-electron chi connectivity index (χ4n) is 3.73. The van der Waals surface area contributed by atoms with E-state index in [1.54, 1.807) is 51.5 Å². The van der Waals surface area contributed by atoms with Crippen LogP contribution in [0.15, 0.2) is 42.5 Å². The molecule has 1 aliphatic heterocycles. The average Bonchev–Trinajstić information content (AvgIpc) is 3.04. The zero-order chi connectivity index (χ0) is 23.3. The molecule has 1 fully saturated rings. The van der Waals surface area contributed by atoms with E-state index in [0.717, 1.165) is 10.5 Å². The van der Waals surface area contributed by atoms with Crippen LogP contribution in [0.25, 0.3) is 0 Å². The summed E-state index contributed by atoms with van der Waals surface area (Å²) >= 11 is 5.95. The predicted molar refractivity (Wildman–Crippen MR) is 120 cm³/mol. The first-order chi connectivity index (χ1) is 15.3. The molecule has 1 heterocycles. The summed E-state index contributed by atoms with van der Waals surface area (Å²) in [5, 5.41) is 6.04. The lowest BCUT2D eigenvalue weighted by atomic mass is 9.87. The van der Waals surface area contributed by atoms with Crippen molar-refractivity contribution < 1.29 is 23.9 Å². The minimum Gasteiger partial charge on any atom is -0.493 e. The number of rotatable bonds is 9. The molecule has 8 nitrogen and oxygen atoms in total. The first kappa shape index (κ1) is 23.4. The number of methoxy groups -OCH3 is 2. The summed E-state index contributed by atoms with van der Waals surface area (Å²) in [7, 11) is 3.12. The monoisotopic (exact) mass is 459 g/mol. The number of halogens is 1. The van der Waals surface area contributed by atoms with Crippen LogP contribution in [0.1, 0.15) is 24.5 Å². The van der Waals surface area contributed by atoms with Crippen LogP contribution < -0.4 is 20.1 Å². The van der Waals surface area contributed by atoms with E-state index in [2.05, 4.69) is 10.6 Å². The van der Waals surface area contributed by atoms with Gasteiger partial charge in [0.25, 0.3) is 5.91 Å². The summed E-state index contributed by atoms with van der Waals surface area (Å²) < 4.78 is 10.5. The normalized spacial score (nSPS) is 17.8. The molecule has 32 heavy (non-hydrogen) atoms. The second-order valence-corrected chi connectivity index (χ2v) is 7.81. The fraction of sp³-hybridized carbons (Fsp3) is 0.348. The van der Waals surface area contributed by atoms with Crippen LogP contribution in [0.4, 0.5) is 4.79 Å². The van der Waals surface area contributed by atoms with Crippen molar-refractivity contribution in [2.75, 3.05) is 27.3 Å². The maximum atomic E-state index is 13.1. The van der Waals surface area contributed by atoms with E-state index in [-0.39, 0.29) is 6.54 Å². The molecule has 0 aromatic heterocycles. The number of hydrogen-bond donors (Lipinski definition) is 2. The van der Waals surface area contributed by atoms with Crippen LogP contribution in [-0.2, 0) is 21.5 Å². The van der Waals surface area contributed by atoms with Gasteiger partial charge in [-0.25, -0.2) is 4.79 Å². The number of amides is 4. The first-order valence-corrected chi connectivity index (χ1v) is 10.6. The summed E-state index contributed by atoms with van der Waals surface area (Å²) in [6.07, 6.45) is 0.895. The second-order valence-electron chi connectivity index (χ2n) is 7.38. The number of imide groups is 1. The van der Waals surface area contributed by atoms with Crippen molar-refractivity contribution >= 4 is 29.4 Å². The third-order valence-electron chi connectivity index (χ3n) is 5.53. The summed E-state index contributed by atoms with van der Waals surface area (Å²) in [4.78, 5) is 39.0. The molecule has 0 saturated carbocycles. The molecule has 3 rings (SSSR count). The van der Waals surface area contributed by atoms with Crippen molar-refractivity contribution in [2.45, 2.75) is 25.3 Å². The predicted octanol–water partition coefficient (Wildman–Crippen LogP) is 2.87. The Labute approximate surface area is 191 Å². The van der Waals surface area contributed by atoms with Gasteiger partial charge < -0.3 is 20.1 Å². The van der Waals surface area contributed by atoms with Gasteiger partial charge in [-0.2, -0.15) is 0 Å². The van der Waals surface area contributed by atoms with E-state index in [4.69, 9.17) is 21.1 Å². The minimum atomic E-state index is -1.21. The highest BCUT2D eigenvalue weighted by Gasteiger charge is 2.51. The van der Waals surface area contributed by atoms with Crippen LogP contribution in [0.5, 0.6) is 11.5 Å². The third kappa shape index (κ3) is 4.65. The zero-order valence-corrected chi connectivity index (χ0v) is 19.0. The first-order valence-electron chi connectivity index (χ1n) is 10.2. The van der Waals surface area contributed by atoms with Crippen LogP contribution in [0, 0.1) is 0 Å². The van der Waals surface area contributed by atoms with Gasteiger partial charge >= 0.3 is 6.03 Å². The standard InChI is InChI=1S/C23H26ClN3O5/c1-4-23(16-6-8-17(24)9-7-16)21(29)27(22(30)26-23)14-20(28)25-12-11-15-5-10-18(31-2)19(13-15)32-3/h5-10,13H,4,11-12,14H2,1-3H3,(H,25,28)(H,26,30)/t23-/m0/s1. The number of benzene rings is 2. The van der Waals surface area contributed by atoms with Crippen molar-refractivity contribution in [3.05, 3.63) is 58.6 Å². The molecule has 0 bridgehead atoms. The summed E-state index contributed by atoms with van der Waals surface area (Å²) in [6.45, 7) is 1.79. The third-order valence-corrected chi connectivity index (χ3v) is 5.78. The van der Waals surface area contributed by atoms with E-state index >= 15 is 0 Å². The Morgan fingerprint density at radius 3 is 2.41 bits per heavy atom. The number of hydrogen-bond acceptors (Lipinski definition) is 5. The van der Waals surface area contributed by atoms with Crippen molar-refractivity contribution in [2.24, 2.45) is 0 Å². The Bertz CT molecular complexity index is 1010. The van der Waals surface area contributed by atoms with Gasteiger partial charge in [0.1, 0.15) is 12.1 Å². The number of urea groups is 1. The van der Waals surface area contributed by atoms with Crippen LogP contribution in [0.3, 0.4) is 0 Å². The Kier molecular flexibility index (Phi) is 7.25. The molecular formula is C23H26ClN3O5. The fourth-order valence-corrected chi connectivity index (χ4v) is 3.85. The highest BCUT2D eigenvalue weighted by atomic mass is 35.5. The minimum absolute atomic E-state index is 0.341. The molecule has 1 aliphatic rings. The summed E-state index contributed by atoms with van der Waals surface area (Å²) in [6, 6.07) is 11.7. The van der Waals surface area contributed by atoms with Crippen LogP contribution in [-0.4, -0.2) is 50.1 Å². The SMILES string of the molecule is CC[C@@]1(c2ccc(Cl)cc2)NC(=O)N(CC(=O)NCCc2ccc(OC)c(OC)c2)C1=O. The molecule has 2 aromatic rings. The molecule has 0 aliphatic carbocycles. The average molecular weight is 460 g/mol. The van der Waals surface area contributed by atoms with Crippen LogP contribution in [0.2, 0.25) is 5.02 Å². The van der Waals surface area contributed by atoms with Gasteiger partial charge in [-0.05, 0) is 48.2 Å². The molecular weight excluding hydrogens is 434 g/mol. The topological polar surface area (TPSA) is 97.0 Å². The lowest BCUT2D eigenvalue weighted by Crippen LogP contribution is -2.45. The second kappa shape index (κ2) is 9.91. The largest absolute Gasteiger partial charge is 0.493 e.